The Morgan fingerprint density at radius 1 is 1.16 bits per heavy atom. The Bertz CT molecular complexity index is 986. The molecule has 3 heterocycles. The first kappa shape index (κ1) is 15.2. The fraction of sp³-hybridized carbons (Fsp3) is 0.524. The van der Waals surface area contributed by atoms with Gasteiger partial charge in [-0.3, -0.25) is 0 Å². The Kier molecular flexibility index (Phi) is 2.88. The van der Waals surface area contributed by atoms with Crippen molar-refractivity contribution in [3.05, 3.63) is 30.1 Å². The maximum absolute atomic E-state index is 4.73. The lowest BCUT2D eigenvalue weighted by Gasteiger charge is -2.39. The number of nitrogens with one attached hydrogen (secondary N) is 1. The summed E-state index contributed by atoms with van der Waals surface area (Å²) in [7, 11) is 0. The molecule has 0 amide bonds. The first-order valence-corrected chi connectivity index (χ1v) is 9.33. The molecule has 2 bridgehead atoms. The van der Waals surface area contributed by atoms with E-state index in [0.29, 0.717) is 16.9 Å². The van der Waals surface area contributed by atoms with Gasteiger partial charge in [0.05, 0.1) is 0 Å². The third-order valence-corrected chi connectivity index (χ3v) is 6.20. The minimum Gasteiger partial charge on any atom is -0.351 e. The van der Waals surface area contributed by atoms with Crippen molar-refractivity contribution in [3.63, 3.8) is 0 Å². The van der Waals surface area contributed by atoms with Crippen LogP contribution in [0.15, 0.2) is 24.5 Å². The van der Waals surface area contributed by atoms with E-state index >= 15 is 0 Å². The van der Waals surface area contributed by atoms with Gasteiger partial charge < -0.3 is 9.88 Å². The zero-order valence-electron chi connectivity index (χ0n) is 15.6. The predicted octanol–water partition coefficient (Wildman–Crippen LogP) is 4.82. The molecule has 2 unspecified atom stereocenters. The third-order valence-electron chi connectivity index (χ3n) is 6.20. The predicted molar refractivity (Wildman–Crippen MR) is 103 cm³/mol. The molecule has 2 fully saturated rings. The molecule has 1 saturated carbocycles. The van der Waals surface area contributed by atoms with Gasteiger partial charge in [-0.05, 0) is 49.1 Å². The maximum Gasteiger partial charge on any atom is 0.156 e. The molecular weight excluding hydrogens is 308 g/mol. The number of aryl methyl sites for hydroxylation is 1. The number of hydrogen-bond donors (Lipinski definition) is 1. The number of rotatable bonds is 1. The molecule has 1 aliphatic heterocycles. The summed E-state index contributed by atoms with van der Waals surface area (Å²) < 4.78 is 0. The van der Waals surface area contributed by atoms with E-state index in [9.17, 15) is 0 Å². The number of nitrogens with zero attached hydrogens (tertiary/aromatic N) is 3. The molecule has 4 nitrogen and oxygen atoms in total. The lowest BCUT2D eigenvalue weighted by atomic mass is 9.65. The lowest BCUT2D eigenvalue weighted by Crippen LogP contribution is -2.35. The first-order valence-electron chi connectivity index (χ1n) is 9.33. The summed E-state index contributed by atoms with van der Waals surface area (Å²) in [5.41, 5.74) is 5.37. The Morgan fingerprint density at radius 3 is 2.84 bits per heavy atom. The summed E-state index contributed by atoms with van der Waals surface area (Å²) in [6, 6.07) is 7.11. The van der Waals surface area contributed by atoms with E-state index in [1.165, 1.54) is 30.2 Å². The molecule has 1 N–H and O–H groups in total. The smallest absolute Gasteiger partial charge is 0.156 e. The van der Waals surface area contributed by atoms with Crippen molar-refractivity contribution in [2.45, 2.75) is 53.0 Å². The standard InChI is InChI=1S/C21H26N4/c1-13-5-6-16-15(7-13)17-18(24-16)19(23-12-22-17)25-11-21(4)9-14(25)8-20(2,3)10-21/h5-7,12,14,24H,8-11H2,1-4H3. The molecule has 3 aromatic rings. The molecule has 1 aromatic carbocycles. The molecule has 4 heteroatoms. The molecule has 25 heavy (non-hydrogen) atoms. The number of aromatic amines is 1. The van der Waals surface area contributed by atoms with Crippen molar-refractivity contribution < 1.29 is 0 Å². The molecule has 1 aliphatic carbocycles. The number of fused-ring (bicyclic) bond motifs is 5. The minimum atomic E-state index is 0.395. The number of hydrogen-bond acceptors (Lipinski definition) is 3. The van der Waals surface area contributed by atoms with Crippen molar-refractivity contribution in [3.8, 4) is 0 Å². The van der Waals surface area contributed by atoms with Crippen LogP contribution in [0.5, 0.6) is 0 Å². The van der Waals surface area contributed by atoms with Crippen LogP contribution >= 0.6 is 0 Å². The van der Waals surface area contributed by atoms with Gasteiger partial charge >= 0.3 is 0 Å². The van der Waals surface area contributed by atoms with Gasteiger partial charge in [0, 0.05) is 23.5 Å². The van der Waals surface area contributed by atoms with E-state index in [-0.39, 0.29) is 0 Å². The number of H-pyrrole nitrogens is 1. The fourth-order valence-electron chi connectivity index (χ4n) is 5.72. The molecule has 2 atom stereocenters. The zero-order valence-corrected chi connectivity index (χ0v) is 15.6. The highest BCUT2D eigenvalue weighted by atomic mass is 15.3. The Morgan fingerprint density at radius 2 is 2.00 bits per heavy atom. The third kappa shape index (κ3) is 2.26. The van der Waals surface area contributed by atoms with E-state index in [2.05, 4.69) is 60.8 Å². The molecule has 1 saturated heterocycles. The normalized spacial score (nSPS) is 28.2. The average molecular weight is 334 g/mol. The summed E-state index contributed by atoms with van der Waals surface area (Å²) in [5.74, 6) is 1.09. The van der Waals surface area contributed by atoms with E-state index in [1.807, 2.05) is 0 Å². The van der Waals surface area contributed by atoms with E-state index in [0.717, 1.165) is 28.9 Å². The van der Waals surface area contributed by atoms with E-state index < -0.39 is 0 Å². The highest BCUT2D eigenvalue weighted by Crippen LogP contribution is 2.53. The molecule has 5 rings (SSSR count). The van der Waals surface area contributed by atoms with Crippen LogP contribution in [-0.4, -0.2) is 27.5 Å². The van der Waals surface area contributed by atoms with Crippen LogP contribution in [-0.2, 0) is 0 Å². The Balaban J connectivity index is 1.68. The van der Waals surface area contributed by atoms with Crippen molar-refractivity contribution >= 4 is 27.8 Å². The van der Waals surface area contributed by atoms with Gasteiger partial charge in [-0.25, -0.2) is 9.97 Å². The fourth-order valence-corrected chi connectivity index (χ4v) is 5.72. The highest BCUT2D eigenvalue weighted by Gasteiger charge is 2.50. The molecule has 130 valence electrons. The zero-order chi connectivity index (χ0) is 17.4. The van der Waals surface area contributed by atoms with Crippen molar-refractivity contribution in [1.29, 1.82) is 0 Å². The van der Waals surface area contributed by atoms with Gasteiger partial charge in [-0.15, -0.1) is 0 Å². The Labute approximate surface area is 148 Å². The maximum atomic E-state index is 4.73. The lowest BCUT2D eigenvalue weighted by molar-refractivity contribution is 0.136. The second-order valence-electron chi connectivity index (χ2n) is 9.44. The Hall–Kier alpha value is -2.10. The van der Waals surface area contributed by atoms with Crippen LogP contribution in [0.4, 0.5) is 5.82 Å². The van der Waals surface area contributed by atoms with Crippen LogP contribution in [0, 0.1) is 17.8 Å². The van der Waals surface area contributed by atoms with Crippen LogP contribution in [0.3, 0.4) is 0 Å². The van der Waals surface area contributed by atoms with Crippen LogP contribution in [0.2, 0.25) is 0 Å². The first-order chi connectivity index (χ1) is 11.8. The van der Waals surface area contributed by atoms with Crippen molar-refractivity contribution in [2.24, 2.45) is 10.8 Å². The summed E-state index contributed by atoms with van der Waals surface area (Å²) >= 11 is 0. The van der Waals surface area contributed by atoms with Gasteiger partial charge in [-0.2, -0.15) is 0 Å². The summed E-state index contributed by atoms with van der Waals surface area (Å²) in [6.07, 6.45) is 5.56. The SMILES string of the molecule is Cc1ccc2[nH]c3c(N4CC5(C)CC4CC(C)(C)C5)ncnc3c2c1. The number of benzene rings is 1. The monoisotopic (exact) mass is 334 g/mol. The van der Waals surface area contributed by atoms with Gasteiger partial charge in [-0.1, -0.05) is 32.4 Å². The second kappa shape index (κ2) is 4.75. The van der Waals surface area contributed by atoms with Gasteiger partial charge in [0.1, 0.15) is 17.4 Å². The summed E-state index contributed by atoms with van der Waals surface area (Å²) in [6.45, 7) is 10.5. The molecule has 2 aliphatic rings. The van der Waals surface area contributed by atoms with Gasteiger partial charge in [0.2, 0.25) is 0 Å². The van der Waals surface area contributed by atoms with Crippen LogP contribution in [0.25, 0.3) is 21.9 Å². The van der Waals surface area contributed by atoms with Crippen LogP contribution in [0.1, 0.15) is 45.6 Å². The summed E-state index contributed by atoms with van der Waals surface area (Å²) in [5, 5.41) is 1.20. The van der Waals surface area contributed by atoms with Gasteiger partial charge in [0.25, 0.3) is 0 Å². The van der Waals surface area contributed by atoms with E-state index in [4.69, 9.17) is 4.98 Å². The van der Waals surface area contributed by atoms with Crippen molar-refractivity contribution in [2.75, 3.05) is 11.4 Å². The topological polar surface area (TPSA) is 44.8 Å². The molecule has 0 spiro atoms. The molecular formula is C21H26N4. The number of aromatic nitrogens is 3. The summed E-state index contributed by atoms with van der Waals surface area (Å²) in [4.78, 5) is 15.5. The molecule has 0 radical (unpaired) electrons. The van der Waals surface area contributed by atoms with E-state index in [1.54, 1.807) is 6.33 Å². The number of anilines is 1. The average Bonchev–Trinajstić information content (AvgIpc) is 3.00. The largest absolute Gasteiger partial charge is 0.351 e. The van der Waals surface area contributed by atoms with Gasteiger partial charge in [0.15, 0.2) is 5.82 Å². The van der Waals surface area contributed by atoms with Crippen LogP contribution < -0.4 is 4.90 Å². The highest BCUT2D eigenvalue weighted by molar-refractivity contribution is 6.08. The quantitative estimate of drug-likeness (QED) is 0.693. The second-order valence-corrected chi connectivity index (χ2v) is 9.44. The molecule has 2 aromatic heterocycles. The minimum absolute atomic E-state index is 0.395. The van der Waals surface area contributed by atoms with Crippen molar-refractivity contribution in [1.82, 2.24) is 15.0 Å².